The molecular weight excluding hydrogens is 394 g/mol. The second kappa shape index (κ2) is 8.67. The van der Waals surface area contributed by atoms with Crippen LogP contribution in [0.1, 0.15) is 36.8 Å². The Balaban J connectivity index is 1.37. The molecular formula is C25H19NO5. The second-order valence-electron chi connectivity index (χ2n) is 6.95. The molecule has 1 aromatic heterocycles. The number of hydrogen-bond donors (Lipinski definition) is 1. The molecule has 1 heterocycles. The first-order valence-electron chi connectivity index (χ1n) is 9.68. The molecule has 4 aromatic rings. The van der Waals surface area contributed by atoms with Crippen LogP contribution in [-0.4, -0.2) is 24.3 Å². The Kier molecular flexibility index (Phi) is 5.62. The van der Waals surface area contributed by atoms with Gasteiger partial charge in [-0.1, -0.05) is 36.4 Å². The smallest absolute Gasteiger partial charge is 0.375 e. The molecule has 0 atom stereocenters. The number of aryl methyl sites for hydroxylation is 1. The van der Waals surface area contributed by atoms with E-state index in [2.05, 4.69) is 5.32 Å². The maximum Gasteiger partial charge on any atom is 0.375 e. The largest absolute Gasteiger partial charge is 0.451 e. The topological polar surface area (TPSA) is 85.6 Å². The van der Waals surface area contributed by atoms with Crippen molar-refractivity contribution < 1.29 is 23.5 Å². The number of rotatable bonds is 6. The summed E-state index contributed by atoms with van der Waals surface area (Å²) < 4.78 is 10.7. The zero-order valence-electron chi connectivity index (χ0n) is 16.8. The van der Waals surface area contributed by atoms with Crippen LogP contribution in [0.25, 0.3) is 11.0 Å². The van der Waals surface area contributed by atoms with Crippen molar-refractivity contribution in [3.63, 3.8) is 0 Å². The average Bonchev–Trinajstić information content (AvgIpc) is 3.15. The van der Waals surface area contributed by atoms with Crippen molar-refractivity contribution in [1.29, 1.82) is 0 Å². The molecule has 0 saturated heterocycles. The van der Waals surface area contributed by atoms with E-state index in [-0.39, 0.29) is 17.5 Å². The highest BCUT2D eigenvalue weighted by atomic mass is 16.5. The van der Waals surface area contributed by atoms with E-state index in [1.165, 1.54) is 0 Å². The fourth-order valence-electron chi connectivity index (χ4n) is 3.18. The summed E-state index contributed by atoms with van der Waals surface area (Å²) in [7, 11) is 0. The Morgan fingerprint density at radius 2 is 1.52 bits per heavy atom. The minimum atomic E-state index is -0.686. The van der Waals surface area contributed by atoms with E-state index in [9.17, 15) is 14.4 Å². The number of furan rings is 1. The number of fused-ring (bicyclic) bond motifs is 1. The van der Waals surface area contributed by atoms with Crippen LogP contribution in [0.5, 0.6) is 0 Å². The molecule has 0 unspecified atom stereocenters. The van der Waals surface area contributed by atoms with E-state index in [1.807, 2.05) is 24.3 Å². The summed E-state index contributed by atoms with van der Waals surface area (Å²) in [5.74, 6) is -1.19. The van der Waals surface area contributed by atoms with Crippen molar-refractivity contribution in [1.82, 2.24) is 0 Å². The number of carbonyl (C=O) groups is 3. The molecule has 3 aromatic carbocycles. The Morgan fingerprint density at radius 1 is 0.839 bits per heavy atom. The van der Waals surface area contributed by atoms with Gasteiger partial charge in [0, 0.05) is 27.8 Å². The number of hydrogen-bond acceptors (Lipinski definition) is 5. The van der Waals surface area contributed by atoms with Crippen molar-refractivity contribution in [3.8, 4) is 0 Å². The fourth-order valence-corrected chi connectivity index (χ4v) is 3.18. The molecule has 0 fully saturated rings. The molecule has 31 heavy (non-hydrogen) atoms. The van der Waals surface area contributed by atoms with E-state index < -0.39 is 12.6 Å². The number of benzene rings is 3. The number of anilines is 1. The molecule has 0 aliphatic rings. The molecule has 0 aliphatic heterocycles. The molecule has 154 valence electrons. The monoisotopic (exact) mass is 413 g/mol. The standard InChI is InChI=1S/C25H19NO5/c1-16-20-9-5-6-10-22(20)31-23(16)25(29)30-15-21(27)17-11-13-19(14-12-17)26-24(28)18-7-3-2-4-8-18/h2-14H,15H2,1H3,(H,26,28). The summed E-state index contributed by atoms with van der Waals surface area (Å²) in [6.07, 6.45) is 0. The van der Waals surface area contributed by atoms with Gasteiger partial charge >= 0.3 is 5.97 Å². The molecule has 6 nitrogen and oxygen atoms in total. The molecule has 0 aliphatic carbocycles. The Labute approximate surface area is 178 Å². The van der Waals surface area contributed by atoms with Crippen LogP contribution in [0, 0.1) is 6.92 Å². The number of esters is 1. The Morgan fingerprint density at radius 3 is 2.23 bits per heavy atom. The highest BCUT2D eigenvalue weighted by Gasteiger charge is 2.20. The van der Waals surface area contributed by atoms with Crippen molar-refractivity contribution >= 4 is 34.3 Å². The summed E-state index contributed by atoms with van der Waals surface area (Å²) in [4.78, 5) is 37.0. The van der Waals surface area contributed by atoms with Crippen LogP contribution >= 0.6 is 0 Å². The molecule has 0 bridgehead atoms. The fraction of sp³-hybridized carbons (Fsp3) is 0.0800. The average molecular weight is 413 g/mol. The highest BCUT2D eigenvalue weighted by Crippen LogP contribution is 2.25. The maximum absolute atomic E-state index is 12.4. The third-order valence-corrected chi connectivity index (χ3v) is 4.86. The van der Waals surface area contributed by atoms with Gasteiger partial charge in [-0.2, -0.15) is 0 Å². The SMILES string of the molecule is Cc1c(C(=O)OCC(=O)c2ccc(NC(=O)c3ccccc3)cc2)oc2ccccc12. The zero-order valence-corrected chi connectivity index (χ0v) is 16.8. The zero-order chi connectivity index (χ0) is 21.8. The number of amides is 1. The summed E-state index contributed by atoms with van der Waals surface area (Å²) in [6, 6.07) is 22.5. The number of para-hydroxylation sites is 1. The minimum Gasteiger partial charge on any atom is -0.451 e. The lowest BCUT2D eigenvalue weighted by molar-refractivity contribution is 0.0445. The third kappa shape index (κ3) is 4.38. The number of ketones is 1. The van der Waals surface area contributed by atoms with Gasteiger partial charge in [0.2, 0.25) is 5.76 Å². The summed E-state index contributed by atoms with van der Waals surface area (Å²) >= 11 is 0. The molecule has 1 N–H and O–H groups in total. The number of carbonyl (C=O) groups excluding carboxylic acids is 3. The van der Waals surface area contributed by atoms with Crippen LogP contribution in [-0.2, 0) is 4.74 Å². The van der Waals surface area contributed by atoms with E-state index >= 15 is 0 Å². The van der Waals surface area contributed by atoms with Crippen molar-refractivity contribution in [3.05, 3.63) is 101 Å². The predicted octanol–water partition coefficient (Wildman–Crippen LogP) is 5.03. The normalized spacial score (nSPS) is 10.6. The van der Waals surface area contributed by atoms with E-state index in [1.54, 1.807) is 61.5 Å². The first-order chi connectivity index (χ1) is 15.0. The minimum absolute atomic E-state index is 0.0907. The molecule has 0 spiro atoms. The van der Waals surface area contributed by atoms with Gasteiger partial charge in [0.25, 0.3) is 5.91 Å². The van der Waals surface area contributed by atoms with Crippen LogP contribution < -0.4 is 5.32 Å². The van der Waals surface area contributed by atoms with Gasteiger partial charge in [-0.3, -0.25) is 9.59 Å². The summed E-state index contributed by atoms with van der Waals surface area (Å²) in [5, 5.41) is 3.59. The third-order valence-electron chi connectivity index (χ3n) is 4.86. The van der Waals surface area contributed by atoms with Gasteiger partial charge in [-0.05, 0) is 49.4 Å². The van der Waals surface area contributed by atoms with E-state index in [4.69, 9.17) is 9.15 Å². The molecule has 4 rings (SSSR count). The van der Waals surface area contributed by atoms with Crippen molar-refractivity contribution in [2.75, 3.05) is 11.9 Å². The van der Waals surface area contributed by atoms with Crippen LogP contribution in [0.15, 0.2) is 83.3 Å². The molecule has 0 radical (unpaired) electrons. The van der Waals surface area contributed by atoms with Gasteiger partial charge in [-0.25, -0.2) is 4.79 Å². The second-order valence-corrected chi connectivity index (χ2v) is 6.95. The van der Waals surface area contributed by atoms with Crippen molar-refractivity contribution in [2.45, 2.75) is 6.92 Å². The highest BCUT2D eigenvalue weighted by molar-refractivity contribution is 6.05. The van der Waals surface area contributed by atoms with Crippen LogP contribution in [0.2, 0.25) is 0 Å². The van der Waals surface area contributed by atoms with Crippen LogP contribution in [0.3, 0.4) is 0 Å². The van der Waals surface area contributed by atoms with Gasteiger partial charge in [-0.15, -0.1) is 0 Å². The quantitative estimate of drug-likeness (QED) is 0.354. The van der Waals surface area contributed by atoms with Gasteiger partial charge in [0.05, 0.1) is 0 Å². The van der Waals surface area contributed by atoms with Gasteiger partial charge < -0.3 is 14.5 Å². The van der Waals surface area contributed by atoms with E-state index in [0.717, 1.165) is 5.39 Å². The lowest BCUT2D eigenvalue weighted by Crippen LogP contribution is -2.15. The summed E-state index contributed by atoms with van der Waals surface area (Å²) in [6.45, 7) is 1.36. The van der Waals surface area contributed by atoms with Gasteiger partial charge in [0.1, 0.15) is 5.58 Å². The number of nitrogens with one attached hydrogen (secondary N) is 1. The summed E-state index contributed by atoms with van der Waals surface area (Å²) in [5.41, 5.74) is 2.72. The Bertz CT molecular complexity index is 1260. The number of Topliss-reactive ketones (excluding diaryl/α,β-unsaturated/α-hetero) is 1. The first kappa shape index (κ1) is 20.1. The molecule has 1 amide bonds. The van der Waals surface area contributed by atoms with E-state index in [0.29, 0.717) is 28.0 Å². The first-order valence-corrected chi connectivity index (χ1v) is 9.68. The van der Waals surface area contributed by atoms with Gasteiger partial charge in [0.15, 0.2) is 12.4 Å². The van der Waals surface area contributed by atoms with Crippen LogP contribution in [0.4, 0.5) is 5.69 Å². The molecule has 6 heteroatoms. The maximum atomic E-state index is 12.4. The molecule has 0 saturated carbocycles. The lowest BCUT2D eigenvalue weighted by Gasteiger charge is -2.07. The van der Waals surface area contributed by atoms with Crippen molar-refractivity contribution in [2.24, 2.45) is 0 Å². The number of ether oxygens (including phenoxy) is 1. The Hall–Kier alpha value is -4.19. The lowest BCUT2D eigenvalue weighted by atomic mass is 10.1. The predicted molar refractivity (Wildman–Crippen MR) is 116 cm³/mol.